The molecule has 3 rings (SSSR count). The Hall–Kier alpha value is -1.93. The molecule has 0 radical (unpaired) electrons. The molecule has 160 valence electrons. The summed E-state index contributed by atoms with van der Waals surface area (Å²) in [5, 5.41) is 0. The number of esters is 1. The van der Waals surface area contributed by atoms with Gasteiger partial charge >= 0.3 is 5.97 Å². The SMILES string of the molecule is CC[C@H]1CCCCN1C(=O)COC(=O)c1cccc(S(=O)(=O)N2CCCCC2)c1. The van der Waals surface area contributed by atoms with Crippen molar-refractivity contribution >= 4 is 21.9 Å². The van der Waals surface area contributed by atoms with E-state index >= 15 is 0 Å². The molecule has 2 fully saturated rings. The first-order valence-corrected chi connectivity index (χ1v) is 11.9. The van der Waals surface area contributed by atoms with Crippen molar-refractivity contribution < 1.29 is 22.7 Å². The number of carbonyl (C=O) groups excluding carboxylic acids is 2. The van der Waals surface area contributed by atoms with Gasteiger partial charge in [-0.1, -0.05) is 19.4 Å². The molecule has 2 aliphatic rings. The molecule has 29 heavy (non-hydrogen) atoms. The van der Waals surface area contributed by atoms with Gasteiger partial charge in [0.15, 0.2) is 6.61 Å². The molecule has 0 bridgehead atoms. The van der Waals surface area contributed by atoms with Crippen LogP contribution >= 0.6 is 0 Å². The number of ether oxygens (including phenoxy) is 1. The number of likely N-dealkylation sites (tertiary alicyclic amines) is 1. The zero-order valence-electron chi connectivity index (χ0n) is 17.0. The fourth-order valence-electron chi connectivity index (χ4n) is 4.08. The average Bonchev–Trinajstić information content (AvgIpc) is 2.77. The molecule has 1 atom stereocenters. The monoisotopic (exact) mass is 422 g/mol. The van der Waals surface area contributed by atoms with Crippen molar-refractivity contribution in [1.29, 1.82) is 0 Å². The van der Waals surface area contributed by atoms with Gasteiger partial charge in [0, 0.05) is 25.7 Å². The molecular formula is C21H30N2O5S. The Balaban J connectivity index is 1.64. The van der Waals surface area contributed by atoms with Crippen LogP contribution in [0, 0.1) is 0 Å². The molecule has 1 aromatic rings. The number of hydrogen-bond donors (Lipinski definition) is 0. The Morgan fingerprint density at radius 1 is 1.07 bits per heavy atom. The van der Waals surface area contributed by atoms with Crippen LogP contribution in [0.15, 0.2) is 29.2 Å². The molecule has 7 nitrogen and oxygen atoms in total. The average molecular weight is 423 g/mol. The van der Waals surface area contributed by atoms with Gasteiger partial charge in [-0.15, -0.1) is 0 Å². The lowest BCUT2D eigenvalue weighted by atomic mass is 10.00. The summed E-state index contributed by atoms with van der Waals surface area (Å²) in [5.74, 6) is -0.874. The highest BCUT2D eigenvalue weighted by molar-refractivity contribution is 7.89. The highest BCUT2D eigenvalue weighted by Gasteiger charge is 2.28. The molecule has 0 saturated carbocycles. The van der Waals surface area contributed by atoms with Gasteiger partial charge in [0.25, 0.3) is 5.91 Å². The summed E-state index contributed by atoms with van der Waals surface area (Å²) in [6, 6.07) is 6.08. The number of sulfonamides is 1. The summed E-state index contributed by atoms with van der Waals surface area (Å²) in [7, 11) is -3.63. The number of piperidine rings is 2. The van der Waals surface area contributed by atoms with E-state index in [-0.39, 0.29) is 29.0 Å². The lowest BCUT2D eigenvalue weighted by Crippen LogP contribution is -2.45. The van der Waals surface area contributed by atoms with Crippen LogP contribution in [0.25, 0.3) is 0 Å². The molecule has 1 amide bonds. The Morgan fingerprint density at radius 3 is 2.52 bits per heavy atom. The second-order valence-electron chi connectivity index (χ2n) is 7.71. The molecular weight excluding hydrogens is 392 g/mol. The second-order valence-corrected chi connectivity index (χ2v) is 9.65. The minimum atomic E-state index is -3.63. The third-order valence-electron chi connectivity index (χ3n) is 5.77. The van der Waals surface area contributed by atoms with Gasteiger partial charge in [-0.2, -0.15) is 4.31 Å². The van der Waals surface area contributed by atoms with Crippen LogP contribution in [0.4, 0.5) is 0 Å². The smallest absolute Gasteiger partial charge is 0.338 e. The van der Waals surface area contributed by atoms with Crippen LogP contribution in [-0.2, 0) is 19.6 Å². The summed E-state index contributed by atoms with van der Waals surface area (Å²) in [6.07, 6.45) is 6.66. The topological polar surface area (TPSA) is 84.0 Å². The first-order chi connectivity index (χ1) is 13.9. The van der Waals surface area contributed by atoms with Gasteiger partial charge in [0.1, 0.15) is 0 Å². The third-order valence-corrected chi connectivity index (χ3v) is 7.66. The standard InChI is InChI=1S/C21H30N2O5S/c1-2-18-10-4-7-14-23(18)20(24)16-28-21(25)17-9-8-11-19(15-17)29(26,27)22-12-5-3-6-13-22/h8-9,11,15,18H,2-7,10,12-14,16H2,1H3/t18-/m0/s1. The summed E-state index contributed by atoms with van der Waals surface area (Å²) in [6.45, 7) is 3.42. The number of benzene rings is 1. The quantitative estimate of drug-likeness (QED) is 0.658. The van der Waals surface area contributed by atoms with Gasteiger partial charge in [0.05, 0.1) is 10.5 Å². The summed E-state index contributed by atoms with van der Waals surface area (Å²) >= 11 is 0. The predicted octanol–water partition coefficient (Wildman–Crippen LogP) is 2.81. The molecule has 0 spiro atoms. The molecule has 1 aromatic carbocycles. The van der Waals surface area contributed by atoms with E-state index in [0.717, 1.165) is 44.9 Å². The highest BCUT2D eigenvalue weighted by Crippen LogP contribution is 2.22. The lowest BCUT2D eigenvalue weighted by molar-refractivity contribution is -0.138. The predicted molar refractivity (Wildman–Crippen MR) is 109 cm³/mol. The third kappa shape index (κ3) is 5.17. The fraction of sp³-hybridized carbons (Fsp3) is 0.619. The molecule has 0 aromatic heterocycles. The van der Waals surface area contributed by atoms with Crippen LogP contribution in [0.2, 0.25) is 0 Å². The molecule has 2 aliphatic heterocycles. The Bertz CT molecular complexity index is 833. The molecule has 0 aliphatic carbocycles. The van der Waals surface area contributed by atoms with Crippen molar-refractivity contribution in [1.82, 2.24) is 9.21 Å². The molecule has 0 unspecified atom stereocenters. The van der Waals surface area contributed by atoms with E-state index in [0.29, 0.717) is 19.6 Å². The summed E-state index contributed by atoms with van der Waals surface area (Å²) < 4.78 is 32.3. The number of nitrogens with zero attached hydrogens (tertiary/aromatic N) is 2. The van der Waals surface area contributed by atoms with E-state index in [1.807, 2.05) is 0 Å². The zero-order chi connectivity index (χ0) is 20.9. The maximum absolute atomic E-state index is 12.8. The van der Waals surface area contributed by atoms with Gasteiger partial charge < -0.3 is 9.64 Å². The van der Waals surface area contributed by atoms with Crippen LogP contribution in [0.3, 0.4) is 0 Å². The minimum absolute atomic E-state index is 0.0854. The molecule has 2 heterocycles. The van der Waals surface area contributed by atoms with E-state index in [9.17, 15) is 18.0 Å². The number of amides is 1. The van der Waals surface area contributed by atoms with Crippen molar-refractivity contribution in [3.05, 3.63) is 29.8 Å². The van der Waals surface area contributed by atoms with Crippen molar-refractivity contribution in [3.8, 4) is 0 Å². The van der Waals surface area contributed by atoms with E-state index < -0.39 is 16.0 Å². The van der Waals surface area contributed by atoms with E-state index in [2.05, 4.69) is 6.92 Å². The van der Waals surface area contributed by atoms with Crippen molar-refractivity contribution in [3.63, 3.8) is 0 Å². The van der Waals surface area contributed by atoms with E-state index in [1.54, 1.807) is 4.90 Å². The Morgan fingerprint density at radius 2 is 1.79 bits per heavy atom. The van der Waals surface area contributed by atoms with Crippen LogP contribution in [0.5, 0.6) is 0 Å². The number of rotatable bonds is 6. The van der Waals surface area contributed by atoms with Crippen LogP contribution < -0.4 is 0 Å². The van der Waals surface area contributed by atoms with Crippen LogP contribution in [0.1, 0.15) is 62.2 Å². The van der Waals surface area contributed by atoms with E-state index in [1.165, 1.54) is 28.6 Å². The zero-order valence-corrected chi connectivity index (χ0v) is 17.8. The summed E-state index contributed by atoms with van der Waals surface area (Å²) in [5.41, 5.74) is 0.140. The first kappa shape index (κ1) is 21.8. The van der Waals surface area contributed by atoms with Gasteiger partial charge in [-0.25, -0.2) is 13.2 Å². The molecule has 2 saturated heterocycles. The second kappa shape index (κ2) is 9.71. The largest absolute Gasteiger partial charge is 0.452 e. The maximum Gasteiger partial charge on any atom is 0.338 e. The number of carbonyl (C=O) groups is 2. The molecule has 0 N–H and O–H groups in total. The molecule has 8 heteroatoms. The number of hydrogen-bond acceptors (Lipinski definition) is 5. The maximum atomic E-state index is 12.8. The van der Waals surface area contributed by atoms with Gasteiger partial charge in [-0.3, -0.25) is 4.79 Å². The van der Waals surface area contributed by atoms with Crippen molar-refractivity contribution in [2.45, 2.75) is 62.8 Å². The fourth-order valence-corrected chi connectivity index (χ4v) is 5.65. The summed E-state index contributed by atoms with van der Waals surface area (Å²) in [4.78, 5) is 26.8. The highest BCUT2D eigenvalue weighted by atomic mass is 32.2. The van der Waals surface area contributed by atoms with Crippen molar-refractivity contribution in [2.24, 2.45) is 0 Å². The van der Waals surface area contributed by atoms with Crippen LogP contribution in [-0.4, -0.2) is 61.8 Å². The lowest BCUT2D eigenvalue weighted by Gasteiger charge is -2.35. The van der Waals surface area contributed by atoms with Gasteiger partial charge in [0.2, 0.25) is 10.0 Å². The normalized spacial score (nSPS) is 21.0. The Labute approximate surface area is 173 Å². The minimum Gasteiger partial charge on any atom is -0.452 e. The first-order valence-electron chi connectivity index (χ1n) is 10.5. The van der Waals surface area contributed by atoms with E-state index in [4.69, 9.17) is 4.74 Å². The Kier molecular flexibility index (Phi) is 7.29. The van der Waals surface area contributed by atoms with Crippen molar-refractivity contribution in [2.75, 3.05) is 26.2 Å². The van der Waals surface area contributed by atoms with Gasteiger partial charge in [-0.05, 0) is 56.7 Å².